The lowest BCUT2D eigenvalue weighted by atomic mass is 10.0. The number of ether oxygens (including phenoxy) is 1. The van der Waals surface area contributed by atoms with Crippen LogP contribution >= 0.6 is 0 Å². The third kappa shape index (κ3) is 5.25. The number of aliphatic hydroxyl groups excluding tert-OH is 1. The van der Waals surface area contributed by atoms with Gasteiger partial charge in [-0.3, -0.25) is 4.90 Å². The maximum atomic E-state index is 8.87. The first-order chi connectivity index (χ1) is 7.88. The Labute approximate surface area is 99.0 Å². The maximum absolute atomic E-state index is 8.87. The monoisotopic (exact) mass is 230 g/mol. The molecule has 1 atom stereocenters. The summed E-state index contributed by atoms with van der Waals surface area (Å²) in [5.41, 5.74) is 0. The van der Waals surface area contributed by atoms with E-state index in [1.165, 1.54) is 25.8 Å². The van der Waals surface area contributed by atoms with E-state index in [1.54, 1.807) is 7.11 Å². The lowest BCUT2D eigenvalue weighted by molar-refractivity contribution is 0.129. The van der Waals surface area contributed by atoms with Crippen molar-refractivity contribution in [1.82, 2.24) is 10.2 Å². The average Bonchev–Trinajstić information content (AvgIpc) is 2.33. The molecule has 0 aromatic rings. The van der Waals surface area contributed by atoms with Crippen molar-refractivity contribution in [2.24, 2.45) is 0 Å². The quantitative estimate of drug-likeness (QED) is 0.595. The molecule has 2 N–H and O–H groups in total. The van der Waals surface area contributed by atoms with E-state index in [1.807, 2.05) is 0 Å². The molecule has 1 aliphatic rings. The van der Waals surface area contributed by atoms with Crippen LogP contribution in [0.15, 0.2) is 0 Å². The average molecular weight is 230 g/mol. The van der Waals surface area contributed by atoms with Gasteiger partial charge in [0.1, 0.15) is 0 Å². The Balaban J connectivity index is 2.18. The highest BCUT2D eigenvalue weighted by atomic mass is 16.5. The van der Waals surface area contributed by atoms with Gasteiger partial charge in [0.2, 0.25) is 0 Å². The van der Waals surface area contributed by atoms with Gasteiger partial charge in [0, 0.05) is 39.4 Å². The number of likely N-dealkylation sites (tertiary alicyclic amines) is 1. The van der Waals surface area contributed by atoms with Crippen LogP contribution in [0.5, 0.6) is 0 Å². The molecule has 4 heteroatoms. The molecule has 1 fully saturated rings. The summed E-state index contributed by atoms with van der Waals surface area (Å²) in [6.07, 6.45) is 4.83. The van der Waals surface area contributed by atoms with Crippen molar-refractivity contribution in [2.45, 2.75) is 31.7 Å². The van der Waals surface area contributed by atoms with Gasteiger partial charge in [-0.1, -0.05) is 6.42 Å². The number of nitrogens with zero attached hydrogens (tertiary/aromatic N) is 1. The van der Waals surface area contributed by atoms with Crippen molar-refractivity contribution in [2.75, 3.05) is 46.5 Å². The SMILES string of the molecule is COCCNCC1CCCCN1CCCO. The molecule has 0 aromatic carbocycles. The standard InChI is InChI=1S/C12H26N2O2/c1-16-10-6-13-11-12-5-2-3-7-14(12)8-4-9-15/h12-13,15H,2-11H2,1H3. The van der Waals surface area contributed by atoms with Crippen LogP contribution in [0, 0.1) is 0 Å². The molecule has 0 aromatic heterocycles. The summed E-state index contributed by atoms with van der Waals surface area (Å²) < 4.78 is 5.01. The molecule has 0 aliphatic carbocycles. The van der Waals surface area contributed by atoms with Gasteiger partial charge < -0.3 is 15.2 Å². The minimum atomic E-state index is 0.306. The van der Waals surface area contributed by atoms with E-state index in [0.717, 1.165) is 32.7 Å². The molecule has 0 amide bonds. The minimum Gasteiger partial charge on any atom is -0.396 e. The molecule has 96 valence electrons. The van der Waals surface area contributed by atoms with E-state index in [-0.39, 0.29) is 0 Å². The van der Waals surface area contributed by atoms with Gasteiger partial charge in [-0.15, -0.1) is 0 Å². The molecule has 0 saturated carbocycles. The molecule has 0 radical (unpaired) electrons. The second kappa shape index (κ2) is 8.93. The van der Waals surface area contributed by atoms with Crippen molar-refractivity contribution in [3.8, 4) is 0 Å². The number of methoxy groups -OCH3 is 1. The molecule has 16 heavy (non-hydrogen) atoms. The van der Waals surface area contributed by atoms with Crippen LogP contribution in [-0.2, 0) is 4.74 Å². The van der Waals surface area contributed by atoms with Gasteiger partial charge in [0.05, 0.1) is 6.61 Å². The molecule has 1 heterocycles. The van der Waals surface area contributed by atoms with Crippen LogP contribution < -0.4 is 5.32 Å². The second-order valence-corrected chi connectivity index (χ2v) is 4.46. The third-order valence-electron chi connectivity index (χ3n) is 3.22. The van der Waals surface area contributed by atoms with Crippen LogP contribution in [0.4, 0.5) is 0 Å². The zero-order chi connectivity index (χ0) is 11.6. The van der Waals surface area contributed by atoms with Gasteiger partial charge in [-0.25, -0.2) is 0 Å². The Kier molecular flexibility index (Phi) is 7.76. The molecule has 0 spiro atoms. The smallest absolute Gasteiger partial charge is 0.0587 e. The lowest BCUT2D eigenvalue weighted by Gasteiger charge is -2.35. The normalized spacial score (nSPS) is 22.5. The highest BCUT2D eigenvalue weighted by Gasteiger charge is 2.20. The van der Waals surface area contributed by atoms with E-state index in [2.05, 4.69) is 10.2 Å². The molecule has 1 saturated heterocycles. The van der Waals surface area contributed by atoms with Crippen molar-refractivity contribution in [3.05, 3.63) is 0 Å². The van der Waals surface area contributed by atoms with Gasteiger partial charge in [0.15, 0.2) is 0 Å². The zero-order valence-electron chi connectivity index (χ0n) is 10.5. The third-order valence-corrected chi connectivity index (χ3v) is 3.22. The first-order valence-corrected chi connectivity index (χ1v) is 6.43. The first-order valence-electron chi connectivity index (χ1n) is 6.43. The molecule has 1 aliphatic heterocycles. The van der Waals surface area contributed by atoms with E-state index < -0.39 is 0 Å². The molecule has 4 nitrogen and oxygen atoms in total. The largest absolute Gasteiger partial charge is 0.396 e. The predicted octanol–water partition coefficient (Wildman–Crippen LogP) is 0.459. The Morgan fingerprint density at radius 2 is 2.31 bits per heavy atom. The van der Waals surface area contributed by atoms with Crippen molar-refractivity contribution in [3.63, 3.8) is 0 Å². The highest BCUT2D eigenvalue weighted by molar-refractivity contribution is 4.78. The Hall–Kier alpha value is -0.160. The fourth-order valence-corrected chi connectivity index (χ4v) is 2.30. The van der Waals surface area contributed by atoms with E-state index in [9.17, 15) is 0 Å². The van der Waals surface area contributed by atoms with Gasteiger partial charge in [0.25, 0.3) is 0 Å². The summed E-state index contributed by atoms with van der Waals surface area (Å²) in [5, 5.41) is 12.3. The van der Waals surface area contributed by atoms with Crippen molar-refractivity contribution < 1.29 is 9.84 Å². The Morgan fingerprint density at radius 1 is 1.44 bits per heavy atom. The minimum absolute atomic E-state index is 0.306. The van der Waals surface area contributed by atoms with Gasteiger partial charge in [-0.2, -0.15) is 0 Å². The molecular formula is C12H26N2O2. The first kappa shape index (κ1) is 13.9. The fourth-order valence-electron chi connectivity index (χ4n) is 2.30. The van der Waals surface area contributed by atoms with Crippen molar-refractivity contribution >= 4 is 0 Å². The summed E-state index contributed by atoms with van der Waals surface area (Å²) >= 11 is 0. The summed E-state index contributed by atoms with van der Waals surface area (Å²) in [6.45, 7) is 5.29. The van der Waals surface area contributed by atoms with E-state index >= 15 is 0 Å². The number of aliphatic hydroxyl groups is 1. The van der Waals surface area contributed by atoms with Gasteiger partial charge in [-0.05, 0) is 25.8 Å². The van der Waals surface area contributed by atoms with E-state index in [0.29, 0.717) is 12.6 Å². The summed E-state index contributed by atoms with van der Waals surface area (Å²) in [7, 11) is 1.73. The van der Waals surface area contributed by atoms with E-state index in [4.69, 9.17) is 9.84 Å². The summed E-state index contributed by atoms with van der Waals surface area (Å²) in [5.74, 6) is 0. The molecule has 0 bridgehead atoms. The van der Waals surface area contributed by atoms with Crippen LogP contribution in [0.1, 0.15) is 25.7 Å². The maximum Gasteiger partial charge on any atom is 0.0587 e. The lowest BCUT2D eigenvalue weighted by Crippen LogP contribution is -2.46. The molecular weight excluding hydrogens is 204 g/mol. The second-order valence-electron chi connectivity index (χ2n) is 4.46. The Bertz CT molecular complexity index is 167. The summed E-state index contributed by atoms with van der Waals surface area (Å²) in [4.78, 5) is 2.51. The number of hydrogen-bond acceptors (Lipinski definition) is 4. The summed E-state index contributed by atoms with van der Waals surface area (Å²) in [6, 6.07) is 0.650. The molecule has 1 rings (SSSR count). The zero-order valence-corrected chi connectivity index (χ0v) is 10.5. The van der Waals surface area contributed by atoms with Crippen LogP contribution in [-0.4, -0.2) is 62.6 Å². The van der Waals surface area contributed by atoms with Crippen LogP contribution in [0.2, 0.25) is 0 Å². The number of nitrogens with one attached hydrogen (secondary N) is 1. The number of hydrogen-bond donors (Lipinski definition) is 2. The highest BCUT2D eigenvalue weighted by Crippen LogP contribution is 2.16. The Morgan fingerprint density at radius 3 is 3.06 bits per heavy atom. The fraction of sp³-hybridized carbons (Fsp3) is 1.00. The van der Waals surface area contributed by atoms with Crippen LogP contribution in [0.3, 0.4) is 0 Å². The molecule has 1 unspecified atom stereocenters. The number of piperidine rings is 1. The number of rotatable bonds is 8. The van der Waals surface area contributed by atoms with Crippen LogP contribution in [0.25, 0.3) is 0 Å². The predicted molar refractivity (Wildman–Crippen MR) is 65.7 cm³/mol. The topological polar surface area (TPSA) is 44.7 Å². The van der Waals surface area contributed by atoms with Gasteiger partial charge >= 0.3 is 0 Å². The van der Waals surface area contributed by atoms with Crippen molar-refractivity contribution in [1.29, 1.82) is 0 Å².